The van der Waals surface area contributed by atoms with Gasteiger partial charge in [0.15, 0.2) is 19.2 Å². The van der Waals surface area contributed by atoms with Gasteiger partial charge in [0.1, 0.15) is 17.6 Å². The molecule has 280 valence electrons. The average Bonchev–Trinajstić information content (AvgIpc) is 3.67. The zero-order chi connectivity index (χ0) is 36.7. The van der Waals surface area contributed by atoms with E-state index in [-0.39, 0.29) is 42.1 Å². The summed E-state index contributed by atoms with van der Waals surface area (Å²) in [6, 6.07) is 10.5. The van der Waals surface area contributed by atoms with E-state index in [1.165, 1.54) is 55.6 Å². The highest BCUT2D eigenvalue weighted by Gasteiger charge is 2.44. The fourth-order valence-electron chi connectivity index (χ4n) is 5.41. The van der Waals surface area contributed by atoms with Crippen LogP contribution >= 0.6 is 7.60 Å². The third-order valence-electron chi connectivity index (χ3n) is 7.87. The van der Waals surface area contributed by atoms with E-state index in [0.29, 0.717) is 24.3 Å². The number of ether oxygens (including phenoxy) is 5. The smallest absolute Gasteiger partial charge is 0.412 e. The third-order valence-corrected chi connectivity index (χ3v) is 10.7. The largest absolute Gasteiger partial charge is 0.497 e. The number of rotatable bonds is 17. The monoisotopic (exact) mass is 754 g/mol. The van der Waals surface area contributed by atoms with Crippen LogP contribution < -0.4 is 14.8 Å². The summed E-state index contributed by atoms with van der Waals surface area (Å²) in [4.78, 5) is 22.8. The normalized spacial score (nSPS) is 21.8. The molecule has 0 spiro atoms. The average molecular weight is 755 g/mol. The maximum absolute atomic E-state index is 13.7. The number of alkyl halides is 3. The molecule has 1 unspecified atom stereocenters. The number of sulfonamides is 1. The second-order valence-corrected chi connectivity index (χ2v) is 16.1. The Kier molecular flexibility index (Phi) is 13.6. The molecule has 50 heavy (non-hydrogen) atoms. The van der Waals surface area contributed by atoms with Crippen molar-refractivity contribution in [3.05, 3.63) is 54.1 Å². The molecule has 2 saturated heterocycles. The molecule has 0 saturated carbocycles. The van der Waals surface area contributed by atoms with Crippen LogP contribution in [0.1, 0.15) is 25.8 Å². The molecule has 2 aromatic carbocycles. The van der Waals surface area contributed by atoms with Gasteiger partial charge < -0.3 is 39.0 Å². The highest BCUT2D eigenvalue weighted by atomic mass is 32.2. The molecular formula is C31H42F3N2O12PS. The number of hydrogen-bond donors (Lipinski definition) is 3. The van der Waals surface area contributed by atoms with E-state index in [2.05, 4.69) is 9.84 Å². The third kappa shape index (κ3) is 11.5. The van der Waals surface area contributed by atoms with Crippen LogP contribution in [0.25, 0.3) is 0 Å². The molecule has 0 aromatic heterocycles. The van der Waals surface area contributed by atoms with E-state index in [4.69, 9.17) is 23.7 Å². The van der Waals surface area contributed by atoms with E-state index < -0.39 is 73.9 Å². The predicted octanol–water partition coefficient (Wildman–Crippen LogP) is 3.90. The number of benzene rings is 2. The van der Waals surface area contributed by atoms with Gasteiger partial charge in [-0.15, -0.1) is 0 Å². The molecule has 2 aliphatic rings. The Morgan fingerprint density at radius 2 is 1.74 bits per heavy atom. The van der Waals surface area contributed by atoms with Crippen molar-refractivity contribution in [1.82, 2.24) is 9.62 Å². The first-order chi connectivity index (χ1) is 23.5. The molecule has 19 heteroatoms. The molecule has 0 aliphatic carbocycles. The first-order valence-corrected chi connectivity index (χ1v) is 18.9. The lowest BCUT2D eigenvalue weighted by molar-refractivity contribution is -0.155. The lowest BCUT2D eigenvalue weighted by Crippen LogP contribution is -2.51. The number of nitrogens with zero attached hydrogens (tertiary/aromatic N) is 1. The van der Waals surface area contributed by atoms with Gasteiger partial charge in [-0.1, -0.05) is 26.0 Å². The van der Waals surface area contributed by atoms with E-state index in [0.717, 1.165) is 4.31 Å². The van der Waals surface area contributed by atoms with Crippen LogP contribution in [0.3, 0.4) is 0 Å². The Bertz CT molecular complexity index is 1560. The molecule has 6 atom stereocenters. The fourth-order valence-corrected chi connectivity index (χ4v) is 7.76. The van der Waals surface area contributed by atoms with Gasteiger partial charge in [-0.25, -0.2) is 13.2 Å². The van der Waals surface area contributed by atoms with Crippen LogP contribution in [0.5, 0.6) is 11.5 Å². The number of methoxy groups -OCH3 is 1. The van der Waals surface area contributed by atoms with Crippen LogP contribution in [0, 0.1) is 11.8 Å². The van der Waals surface area contributed by atoms with Gasteiger partial charge in [-0.2, -0.15) is 17.5 Å². The van der Waals surface area contributed by atoms with Gasteiger partial charge in [0.25, 0.3) is 0 Å². The minimum absolute atomic E-state index is 0.0172. The topological polar surface area (TPSA) is 179 Å². The maximum atomic E-state index is 13.7. The maximum Gasteiger partial charge on any atom is 0.412 e. The van der Waals surface area contributed by atoms with Gasteiger partial charge >= 0.3 is 19.9 Å². The lowest BCUT2D eigenvalue weighted by Gasteiger charge is -2.31. The predicted molar refractivity (Wildman–Crippen MR) is 171 cm³/mol. The molecule has 0 radical (unpaired) electrons. The lowest BCUT2D eigenvalue weighted by atomic mass is 10.0. The number of nitrogens with one attached hydrogen (secondary N) is 1. The number of carbonyl (C=O) groups is 1. The van der Waals surface area contributed by atoms with Crippen molar-refractivity contribution in [3.8, 4) is 11.5 Å². The number of amides is 1. The zero-order valence-corrected chi connectivity index (χ0v) is 29.4. The molecule has 0 bridgehead atoms. The SMILES string of the molecule is COc1ccc(S(=O)(=O)N(CC(C)C)C[C@@H](O)[C@H](Cc2ccc(OCP(=O)(O)OCC(F)(F)F)cc2)NC(=O)O[C@H]2CO[C@H]3OCC[C@H]32)cc1. The minimum Gasteiger partial charge on any atom is -0.497 e. The summed E-state index contributed by atoms with van der Waals surface area (Å²) in [7, 11) is -7.37. The second kappa shape index (κ2) is 17.0. The van der Waals surface area contributed by atoms with Crippen molar-refractivity contribution >= 4 is 23.7 Å². The number of halogens is 3. The van der Waals surface area contributed by atoms with Crippen molar-refractivity contribution in [2.24, 2.45) is 11.8 Å². The summed E-state index contributed by atoms with van der Waals surface area (Å²) in [6.07, 6.45) is -8.60. The summed E-state index contributed by atoms with van der Waals surface area (Å²) in [5, 5.41) is 14.2. The Balaban J connectivity index is 1.49. The summed E-state index contributed by atoms with van der Waals surface area (Å²) in [5.74, 6) is 0.213. The molecule has 2 aliphatic heterocycles. The van der Waals surface area contributed by atoms with E-state index in [1.54, 1.807) is 0 Å². The summed E-state index contributed by atoms with van der Waals surface area (Å²) < 4.78 is 109. The van der Waals surface area contributed by atoms with Crippen molar-refractivity contribution < 1.29 is 69.2 Å². The van der Waals surface area contributed by atoms with Gasteiger partial charge in [0, 0.05) is 13.1 Å². The quantitative estimate of drug-likeness (QED) is 0.199. The molecule has 1 amide bonds. The van der Waals surface area contributed by atoms with Crippen molar-refractivity contribution in [3.63, 3.8) is 0 Å². The molecule has 3 N–H and O–H groups in total. The Morgan fingerprint density at radius 1 is 1.08 bits per heavy atom. The number of fused-ring (bicyclic) bond motifs is 1. The number of alkyl carbamates (subject to hydrolysis) is 1. The fraction of sp³-hybridized carbons (Fsp3) is 0.581. The molecule has 4 rings (SSSR count). The van der Waals surface area contributed by atoms with Gasteiger partial charge in [-0.3, -0.25) is 9.09 Å². The van der Waals surface area contributed by atoms with E-state index in [9.17, 15) is 40.9 Å². The van der Waals surface area contributed by atoms with Crippen molar-refractivity contribution in [2.45, 2.75) is 62.3 Å². The van der Waals surface area contributed by atoms with Crippen LogP contribution in [-0.4, -0.2) is 106 Å². The van der Waals surface area contributed by atoms with Crippen molar-refractivity contribution in [1.29, 1.82) is 0 Å². The summed E-state index contributed by atoms with van der Waals surface area (Å²) >= 11 is 0. The van der Waals surface area contributed by atoms with E-state index in [1.807, 2.05) is 13.8 Å². The first kappa shape index (κ1) is 39.8. The Labute approximate surface area is 288 Å². The van der Waals surface area contributed by atoms with E-state index >= 15 is 0 Å². The molecule has 2 heterocycles. The number of carbonyl (C=O) groups excluding carboxylic acids is 1. The molecular weight excluding hydrogens is 712 g/mol. The first-order valence-electron chi connectivity index (χ1n) is 15.7. The van der Waals surface area contributed by atoms with Gasteiger partial charge in [-0.05, 0) is 60.7 Å². The molecule has 2 aromatic rings. The van der Waals surface area contributed by atoms with Crippen LogP contribution in [-0.2, 0) is 39.7 Å². The summed E-state index contributed by atoms with van der Waals surface area (Å²) in [5.41, 5.74) is 0.518. The number of aliphatic hydroxyl groups excluding tert-OH is 1. The minimum atomic E-state index is -4.80. The van der Waals surface area contributed by atoms with Gasteiger partial charge in [0.05, 0.1) is 43.3 Å². The highest BCUT2D eigenvalue weighted by molar-refractivity contribution is 7.89. The number of aliphatic hydroxyl groups is 1. The Hall–Kier alpha value is -2.96. The van der Waals surface area contributed by atoms with Crippen LogP contribution in [0.4, 0.5) is 18.0 Å². The van der Waals surface area contributed by atoms with Crippen molar-refractivity contribution in [2.75, 3.05) is 46.4 Å². The standard InChI is InChI=1S/C31H42F3N2O12PS/c1-20(2)15-36(50(41,42)24-10-8-22(43-3)9-11-24)16-27(37)26(35-30(38)48-28-17-45-29-25(28)12-13-44-29)14-21-4-6-23(7-5-21)46-19-49(39,40)47-18-31(32,33)34/h4-11,20,25-29,37H,12-19H2,1-3H3,(H,35,38)(H,39,40)/t25-,26-,27+,28-,29+/m0/s1. The van der Waals surface area contributed by atoms with Crippen LogP contribution in [0.2, 0.25) is 0 Å². The van der Waals surface area contributed by atoms with Gasteiger partial charge in [0.2, 0.25) is 10.0 Å². The summed E-state index contributed by atoms with van der Waals surface area (Å²) in [6.45, 7) is 1.97. The van der Waals surface area contributed by atoms with Crippen LogP contribution in [0.15, 0.2) is 53.4 Å². The second-order valence-electron chi connectivity index (χ2n) is 12.3. The molecule has 2 fully saturated rings. The Morgan fingerprint density at radius 3 is 2.36 bits per heavy atom. The zero-order valence-electron chi connectivity index (χ0n) is 27.7. The highest BCUT2D eigenvalue weighted by Crippen LogP contribution is 2.43. The number of hydrogen-bond acceptors (Lipinski definition) is 11. The molecule has 14 nitrogen and oxygen atoms in total.